The van der Waals surface area contributed by atoms with Crippen molar-refractivity contribution in [3.63, 3.8) is 0 Å². The Morgan fingerprint density at radius 1 is 1.28 bits per heavy atom. The van der Waals surface area contributed by atoms with Gasteiger partial charge in [-0.3, -0.25) is 4.57 Å². The molecule has 3 heterocycles. The van der Waals surface area contributed by atoms with Gasteiger partial charge in [0, 0.05) is 13.2 Å². The topological polar surface area (TPSA) is 131 Å². The summed E-state index contributed by atoms with van der Waals surface area (Å²) in [4.78, 5) is 23.5. The summed E-state index contributed by atoms with van der Waals surface area (Å²) >= 11 is 0. The van der Waals surface area contributed by atoms with Gasteiger partial charge in [-0.05, 0) is 44.7 Å². The smallest absolute Gasteiger partial charge is 0.327 e. The SMILES string of the molecule is Cl.Nc1nc(OCCCCO)nc2c1[nH]c(=O)n2CC1CCNCC1. The number of aliphatic hydroxyl groups is 1. The van der Waals surface area contributed by atoms with Gasteiger partial charge in [0.05, 0.1) is 6.61 Å². The van der Waals surface area contributed by atoms with Crippen LogP contribution in [0.2, 0.25) is 0 Å². The Morgan fingerprint density at radius 2 is 2.04 bits per heavy atom. The number of aliphatic hydroxyl groups excluding tert-OH is 1. The lowest BCUT2D eigenvalue weighted by atomic mass is 9.98. The van der Waals surface area contributed by atoms with Crippen LogP contribution in [0, 0.1) is 5.92 Å². The van der Waals surface area contributed by atoms with E-state index in [-0.39, 0.29) is 36.5 Å². The maximum atomic E-state index is 12.3. The molecule has 140 valence electrons. The van der Waals surface area contributed by atoms with E-state index < -0.39 is 0 Å². The fraction of sp³-hybridized carbons (Fsp3) is 0.667. The minimum Gasteiger partial charge on any atom is -0.463 e. The number of nitrogen functional groups attached to an aromatic ring is 1. The first-order valence-corrected chi connectivity index (χ1v) is 8.39. The summed E-state index contributed by atoms with van der Waals surface area (Å²) in [5.74, 6) is 0.645. The van der Waals surface area contributed by atoms with Crippen LogP contribution in [0.3, 0.4) is 0 Å². The van der Waals surface area contributed by atoms with E-state index in [9.17, 15) is 4.79 Å². The first-order chi connectivity index (χ1) is 11.7. The number of hydrogen-bond donors (Lipinski definition) is 4. The Balaban J connectivity index is 0.00000225. The molecule has 0 atom stereocenters. The summed E-state index contributed by atoms with van der Waals surface area (Å²) in [5.41, 5.74) is 6.66. The fourth-order valence-electron chi connectivity index (χ4n) is 2.96. The number of fused-ring (bicyclic) bond motifs is 1. The minimum atomic E-state index is -0.220. The zero-order chi connectivity index (χ0) is 16.9. The van der Waals surface area contributed by atoms with Crippen LogP contribution in [0.15, 0.2) is 4.79 Å². The Kier molecular flexibility index (Phi) is 7.03. The first kappa shape index (κ1) is 19.5. The molecule has 2 aromatic heterocycles. The van der Waals surface area contributed by atoms with Crippen molar-refractivity contribution in [1.82, 2.24) is 24.8 Å². The van der Waals surface area contributed by atoms with Crippen molar-refractivity contribution < 1.29 is 9.84 Å². The van der Waals surface area contributed by atoms with Gasteiger partial charge >= 0.3 is 11.7 Å². The molecule has 5 N–H and O–H groups in total. The molecule has 0 radical (unpaired) electrons. The number of halogens is 1. The van der Waals surface area contributed by atoms with E-state index in [1.54, 1.807) is 4.57 Å². The predicted octanol–water partition coefficient (Wildman–Crippen LogP) is 0.274. The van der Waals surface area contributed by atoms with E-state index in [1.165, 1.54) is 0 Å². The molecule has 10 heteroatoms. The maximum Gasteiger partial charge on any atom is 0.327 e. The Hall–Kier alpha value is -1.84. The number of anilines is 1. The summed E-state index contributed by atoms with van der Waals surface area (Å²) in [6.45, 7) is 3.07. The molecule has 1 saturated heterocycles. The fourth-order valence-corrected chi connectivity index (χ4v) is 2.96. The van der Waals surface area contributed by atoms with Gasteiger partial charge in [0.15, 0.2) is 11.5 Å². The van der Waals surface area contributed by atoms with Crippen LogP contribution in [-0.2, 0) is 6.54 Å². The lowest BCUT2D eigenvalue weighted by molar-refractivity contribution is 0.244. The Morgan fingerprint density at radius 3 is 2.76 bits per heavy atom. The van der Waals surface area contributed by atoms with Crippen molar-refractivity contribution in [2.24, 2.45) is 5.92 Å². The number of nitrogens with two attached hydrogens (primary N) is 1. The quantitative estimate of drug-likeness (QED) is 0.513. The van der Waals surface area contributed by atoms with E-state index in [0.29, 0.717) is 43.1 Å². The highest BCUT2D eigenvalue weighted by atomic mass is 35.5. The summed E-state index contributed by atoms with van der Waals surface area (Å²) < 4.78 is 7.13. The molecule has 1 fully saturated rings. The summed E-state index contributed by atoms with van der Waals surface area (Å²) in [5, 5.41) is 12.1. The average molecular weight is 373 g/mol. The van der Waals surface area contributed by atoms with Gasteiger partial charge in [0.2, 0.25) is 0 Å². The van der Waals surface area contributed by atoms with E-state index >= 15 is 0 Å². The highest BCUT2D eigenvalue weighted by molar-refractivity contribution is 5.85. The van der Waals surface area contributed by atoms with Gasteiger partial charge in [-0.25, -0.2) is 4.79 Å². The molecule has 0 saturated carbocycles. The molecule has 25 heavy (non-hydrogen) atoms. The predicted molar refractivity (Wildman–Crippen MR) is 97.2 cm³/mol. The largest absolute Gasteiger partial charge is 0.463 e. The van der Waals surface area contributed by atoms with E-state index in [1.807, 2.05) is 0 Å². The molecule has 0 unspecified atom stereocenters. The summed E-state index contributed by atoms with van der Waals surface area (Å²) in [6.07, 6.45) is 3.42. The molecule has 0 aliphatic carbocycles. The third-order valence-corrected chi connectivity index (χ3v) is 4.31. The van der Waals surface area contributed by atoms with Gasteiger partial charge < -0.3 is 25.9 Å². The molecule has 3 rings (SSSR count). The van der Waals surface area contributed by atoms with Gasteiger partial charge in [0.25, 0.3) is 0 Å². The molecule has 0 amide bonds. The highest BCUT2D eigenvalue weighted by Gasteiger charge is 2.19. The van der Waals surface area contributed by atoms with Crippen molar-refractivity contribution in [3.05, 3.63) is 10.5 Å². The van der Waals surface area contributed by atoms with Crippen molar-refractivity contribution in [1.29, 1.82) is 0 Å². The normalized spacial score (nSPS) is 15.2. The second kappa shape index (κ2) is 9.02. The van der Waals surface area contributed by atoms with Gasteiger partial charge in [-0.15, -0.1) is 12.4 Å². The lowest BCUT2D eigenvalue weighted by Crippen LogP contribution is -2.32. The number of unbranched alkanes of at least 4 members (excludes halogenated alkanes) is 1. The molecule has 2 aromatic rings. The zero-order valence-corrected chi connectivity index (χ0v) is 14.8. The van der Waals surface area contributed by atoms with Crippen LogP contribution in [-0.4, -0.2) is 50.9 Å². The van der Waals surface area contributed by atoms with Crippen LogP contribution in [0.5, 0.6) is 6.01 Å². The van der Waals surface area contributed by atoms with Crippen LogP contribution in [0.1, 0.15) is 25.7 Å². The van der Waals surface area contributed by atoms with Gasteiger partial charge in [-0.1, -0.05) is 0 Å². The number of nitrogens with one attached hydrogen (secondary N) is 2. The number of aromatic amines is 1. The third-order valence-electron chi connectivity index (χ3n) is 4.31. The first-order valence-electron chi connectivity index (χ1n) is 8.39. The summed E-state index contributed by atoms with van der Waals surface area (Å²) in [7, 11) is 0. The van der Waals surface area contributed by atoms with E-state index in [0.717, 1.165) is 25.9 Å². The number of ether oxygens (including phenoxy) is 1. The van der Waals surface area contributed by atoms with Crippen LogP contribution >= 0.6 is 12.4 Å². The molecule has 1 aliphatic rings. The van der Waals surface area contributed by atoms with Crippen molar-refractivity contribution in [2.75, 3.05) is 32.0 Å². The van der Waals surface area contributed by atoms with Crippen LogP contribution in [0.4, 0.5) is 5.82 Å². The molecule has 1 aliphatic heterocycles. The Labute approximate surface area is 151 Å². The molecule has 0 spiro atoms. The number of nitrogens with zero attached hydrogens (tertiary/aromatic N) is 3. The van der Waals surface area contributed by atoms with Crippen LogP contribution in [0.25, 0.3) is 11.2 Å². The van der Waals surface area contributed by atoms with Gasteiger partial charge in [-0.2, -0.15) is 9.97 Å². The molecule has 0 aromatic carbocycles. The lowest BCUT2D eigenvalue weighted by Gasteiger charge is -2.22. The number of piperidine rings is 1. The van der Waals surface area contributed by atoms with E-state index in [2.05, 4.69) is 20.3 Å². The van der Waals surface area contributed by atoms with Crippen molar-refractivity contribution in [2.45, 2.75) is 32.2 Å². The standard InChI is InChI=1S/C15H24N6O3.ClH/c16-12-11-13(20-14(19-12)24-8-2-1-7-22)21(15(23)18-11)9-10-3-5-17-6-4-10;/h10,17,22H,1-9H2,(H,18,23)(H2,16,19,20);1H. The number of rotatable bonds is 7. The van der Waals surface area contributed by atoms with Crippen LogP contribution < -0.4 is 21.5 Å². The number of hydrogen-bond acceptors (Lipinski definition) is 7. The number of imidazole rings is 1. The van der Waals surface area contributed by atoms with E-state index in [4.69, 9.17) is 15.6 Å². The monoisotopic (exact) mass is 372 g/mol. The summed E-state index contributed by atoms with van der Waals surface area (Å²) in [6, 6.07) is 0.163. The maximum absolute atomic E-state index is 12.3. The number of aromatic nitrogens is 4. The third kappa shape index (κ3) is 4.62. The van der Waals surface area contributed by atoms with Crippen molar-refractivity contribution in [3.8, 4) is 6.01 Å². The second-order valence-electron chi connectivity index (χ2n) is 6.10. The second-order valence-corrected chi connectivity index (χ2v) is 6.10. The van der Waals surface area contributed by atoms with Crippen molar-refractivity contribution >= 4 is 29.4 Å². The molecular formula is C15H25ClN6O3. The van der Waals surface area contributed by atoms with Gasteiger partial charge in [0.1, 0.15) is 5.52 Å². The molecular weight excluding hydrogens is 348 g/mol. The zero-order valence-electron chi connectivity index (χ0n) is 14.0. The highest BCUT2D eigenvalue weighted by Crippen LogP contribution is 2.20. The number of H-pyrrole nitrogens is 1. The Bertz CT molecular complexity index is 741. The minimum absolute atomic E-state index is 0. The average Bonchev–Trinajstić information content (AvgIpc) is 2.90. The molecule has 0 bridgehead atoms. The molecule has 9 nitrogen and oxygen atoms in total.